The van der Waals surface area contributed by atoms with Crippen molar-refractivity contribution in [3.8, 4) is 11.5 Å². The van der Waals surface area contributed by atoms with Gasteiger partial charge in [-0.1, -0.05) is 18.2 Å². The molecule has 23 heteroatoms. The molecule has 0 unspecified atom stereocenters. The molecule has 19 nitrogen and oxygen atoms in total. The average molecular weight is 816 g/mol. The first kappa shape index (κ1) is 42.5. The molecule has 0 radical (unpaired) electrons. The summed E-state index contributed by atoms with van der Waals surface area (Å²) in [4.78, 5) is -0.277. The number of anilines is 1. The Hall–Kier alpha value is -4.91. The molecule has 4 aromatic carbocycles. The van der Waals surface area contributed by atoms with E-state index in [1.54, 1.807) is 44.2 Å². The molecule has 0 aliphatic carbocycles. The van der Waals surface area contributed by atoms with Crippen molar-refractivity contribution in [1.29, 1.82) is 0 Å². The second-order valence-corrected chi connectivity index (χ2v) is 15.9. The van der Waals surface area contributed by atoms with E-state index < -0.39 is 52.5 Å². The van der Waals surface area contributed by atoms with Gasteiger partial charge in [-0.15, -0.1) is 17.7 Å². The normalized spacial score (nSPS) is 12.2. The fraction of sp³-hybridized carbons (Fsp3) is 0.267. The fourth-order valence-corrected chi connectivity index (χ4v) is 6.15. The summed E-state index contributed by atoms with van der Waals surface area (Å²) in [6.45, 7) is 3.30. The van der Waals surface area contributed by atoms with E-state index >= 15 is 0 Å². The molecule has 0 aliphatic heterocycles. The number of ether oxygens (including phenoxy) is 2. The highest BCUT2D eigenvalue weighted by atomic mass is 32.2. The zero-order chi connectivity index (χ0) is 39.6. The van der Waals surface area contributed by atoms with Crippen molar-refractivity contribution >= 4 is 80.2 Å². The van der Waals surface area contributed by atoms with E-state index in [0.717, 1.165) is 0 Å². The van der Waals surface area contributed by atoms with Gasteiger partial charge in [-0.3, -0.25) is 13.7 Å². The summed E-state index contributed by atoms with van der Waals surface area (Å²) in [6.07, 6.45) is -0.0145. The van der Waals surface area contributed by atoms with Gasteiger partial charge >= 0.3 is 10.6 Å². The van der Waals surface area contributed by atoms with Crippen LogP contribution in [0.4, 0.5) is 28.4 Å². The van der Waals surface area contributed by atoms with Gasteiger partial charge in [0.25, 0.3) is 30.4 Å². The van der Waals surface area contributed by atoms with E-state index in [-0.39, 0.29) is 64.9 Å². The molecule has 0 amide bonds. The molecule has 286 valence electrons. The second kappa shape index (κ2) is 18.2. The predicted molar refractivity (Wildman–Crippen MR) is 192 cm³/mol. The van der Waals surface area contributed by atoms with Gasteiger partial charge < -0.3 is 15.2 Å². The van der Waals surface area contributed by atoms with Crippen LogP contribution in [0.2, 0.25) is 0 Å². The lowest BCUT2D eigenvalue weighted by molar-refractivity contribution is 0.317. The molecule has 5 N–H and O–H groups in total. The number of nitrogen functional groups attached to an aromatic ring is 1. The van der Waals surface area contributed by atoms with Gasteiger partial charge in [-0.05, 0) is 73.5 Å². The largest absolute Gasteiger partial charge is 0.491 e. The molecule has 0 bridgehead atoms. The third-order valence-corrected chi connectivity index (χ3v) is 9.38. The van der Waals surface area contributed by atoms with Crippen molar-refractivity contribution < 1.29 is 61.0 Å². The Morgan fingerprint density at radius 1 is 0.660 bits per heavy atom. The number of azo groups is 2. The van der Waals surface area contributed by atoms with E-state index in [1.807, 2.05) is 0 Å². The number of nitrogens with zero attached hydrogens (tertiary/aromatic N) is 4. The molecule has 0 saturated heterocycles. The molecule has 0 aromatic heterocycles. The van der Waals surface area contributed by atoms with Crippen LogP contribution in [0, 0.1) is 13.8 Å². The molecule has 0 atom stereocenters. The first-order valence-electron chi connectivity index (χ1n) is 14.9. The first-order chi connectivity index (χ1) is 24.6. The van der Waals surface area contributed by atoms with Gasteiger partial charge in [0.05, 0.1) is 47.5 Å². The molecular weight excluding hydrogens is 783 g/mol. The fourth-order valence-electron chi connectivity index (χ4n) is 4.48. The summed E-state index contributed by atoms with van der Waals surface area (Å²) in [7, 11) is -16.0. The van der Waals surface area contributed by atoms with Crippen LogP contribution >= 0.6 is 0 Å². The number of fused-ring (bicyclic) bond motifs is 1. The maximum atomic E-state index is 11.9. The molecule has 0 heterocycles. The monoisotopic (exact) mass is 815 g/mol. The standard InChI is InChI=1S/C30H33N5O11S3.O3S/c1-19-14-24(31)28(45-10-4-12-47(36,37)38)17-25(19)34-35-27-15-20(2)26(18-29(27)46-11-5-13-48(39,40)41)33-32-22-9-8-21-6-3-7-30(23(21)16-22)49(42,43)44;1-4(2)3/h3,6-9,14-18H,4-5,10-13,31H2,1-2H3,(H,36,37,38)(H,39,40,41)(H,42,43,44);. The summed E-state index contributed by atoms with van der Waals surface area (Å²) >= 11 is 0. The summed E-state index contributed by atoms with van der Waals surface area (Å²) in [6, 6.07) is 15.4. The van der Waals surface area contributed by atoms with Crippen molar-refractivity contribution in [3.05, 3.63) is 71.8 Å². The minimum atomic E-state index is -4.50. The summed E-state index contributed by atoms with van der Waals surface area (Å²) in [5.74, 6) is -0.640. The second-order valence-electron chi connectivity index (χ2n) is 11.0. The Morgan fingerprint density at radius 2 is 1.17 bits per heavy atom. The lowest BCUT2D eigenvalue weighted by Crippen LogP contribution is -2.09. The SMILES string of the molecule is Cc1cc(N=Nc2cc(OCCCS(=O)(=O)O)c(N)cc2C)c(OCCCS(=O)(=O)O)cc1N=Nc1ccc2cccc(S(=O)(=O)O)c2c1.O=S(=O)=O. The molecule has 4 rings (SSSR count). The lowest BCUT2D eigenvalue weighted by atomic mass is 10.1. The van der Waals surface area contributed by atoms with Crippen LogP contribution < -0.4 is 15.2 Å². The first-order valence-corrected chi connectivity index (χ1v) is 20.6. The van der Waals surface area contributed by atoms with Gasteiger partial charge in [0.2, 0.25) is 0 Å². The Labute approximate surface area is 305 Å². The number of rotatable bonds is 15. The van der Waals surface area contributed by atoms with Gasteiger partial charge in [0.1, 0.15) is 22.1 Å². The van der Waals surface area contributed by atoms with Crippen LogP contribution in [0.15, 0.2) is 86.0 Å². The van der Waals surface area contributed by atoms with Crippen LogP contribution in [0.25, 0.3) is 10.8 Å². The lowest BCUT2D eigenvalue weighted by Gasteiger charge is -2.12. The van der Waals surface area contributed by atoms with E-state index in [1.165, 1.54) is 30.3 Å². The van der Waals surface area contributed by atoms with Crippen molar-refractivity contribution in [3.63, 3.8) is 0 Å². The minimum Gasteiger partial charge on any atom is -0.491 e. The van der Waals surface area contributed by atoms with Crippen molar-refractivity contribution in [2.75, 3.05) is 30.5 Å². The number of aryl methyl sites for hydroxylation is 2. The number of nitrogens with two attached hydrogens (primary N) is 1. The third kappa shape index (κ3) is 14.2. The van der Waals surface area contributed by atoms with E-state index in [2.05, 4.69) is 20.5 Å². The highest BCUT2D eigenvalue weighted by Crippen LogP contribution is 2.39. The quantitative estimate of drug-likeness (QED) is 0.0503. The maximum Gasteiger partial charge on any atom is 0.425 e. The summed E-state index contributed by atoms with van der Waals surface area (Å²) in [5, 5.41) is 18.0. The summed E-state index contributed by atoms with van der Waals surface area (Å²) in [5.41, 5.74) is 8.75. The minimum absolute atomic E-state index is 0.0245. The molecule has 0 aliphatic rings. The number of hydrogen-bond donors (Lipinski definition) is 4. The van der Waals surface area contributed by atoms with Crippen LogP contribution in [0.5, 0.6) is 11.5 Å². The Kier molecular flexibility index (Phi) is 14.6. The zero-order valence-electron chi connectivity index (χ0n) is 27.8. The van der Waals surface area contributed by atoms with Crippen molar-refractivity contribution in [2.45, 2.75) is 31.6 Å². The highest BCUT2D eigenvalue weighted by Gasteiger charge is 2.15. The van der Waals surface area contributed by atoms with E-state index in [0.29, 0.717) is 27.9 Å². The molecule has 0 saturated carbocycles. The molecule has 53 heavy (non-hydrogen) atoms. The molecule has 4 aromatic rings. The Bertz CT molecular complexity index is 2490. The van der Waals surface area contributed by atoms with E-state index in [4.69, 9.17) is 36.9 Å². The third-order valence-electron chi connectivity index (χ3n) is 6.86. The maximum absolute atomic E-state index is 11.9. The van der Waals surface area contributed by atoms with Crippen molar-refractivity contribution in [1.82, 2.24) is 0 Å². The van der Waals surface area contributed by atoms with Gasteiger partial charge in [0, 0.05) is 17.5 Å². The van der Waals surface area contributed by atoms with Crippen LogP contribution in [0.1, 0.15) is 24.0 Å². The zero-order valence-corrected chi connectivity index (χ0v) is 31.1. The Balaban J connectivity index is 0.00000180. The van der Waals surface area contributed by atoms with Crippen LogP contribution in [-0.2, 0) is 41.0 Å². The molecule has 0 fully saturated rings. The van der Waals surface area contributed by atoms with Crippen molar-refractivity contribution in [2.24, 2.45) is 20.5 Å². The van der Waals surface area contributed by atoms with Gasteiger partial charge in [-0.2, -0.15) is 40.6 Å². The number of benzene rings is 4. The molecular formula is C30H33N5O14S4. The Morgan fingerprint density at radius 3 is 1.74 bits per heavy atom. The van der Waals surface area contributed by atoms with Crippen LogP contribution in [0.3, 0.4) is 0 Å². The van der Waals surface area contributed by atoms with E-state index in [9.17, 15) is 29.8 Å². The number of hydrogen-bond acceptors (Lipinski definition) is 16. The molecule has 0 spiro atoms. The highest BCUT2D eigenvalue weighted by molar-refractivity contribution is 7.86. The topological polar surface area (TPSA) is 308 Å². The summed E-state index contributed by atoms with van der Waals surface area (Å²) < 4.78 is 132. The average Bonchev–Trinajstić information content (AvgIpc) is 3.03. The van der Waals surface area contributed by atoms with Gasteiger partial charge in [-0.25, -0.2) is 0 Å². The van der Waals surface area contributed by atoms with Gasteiger partial charge in [0.15, 0.2) is 0 Å². The predicted octanol–water partition coefficient (Wildman–Crippen LogP) is 5.43. The van der Waals surface area contributed by atoms with Crippen LogP contribution in [-0.4, -0.2) is 76.3 Å². The smallest absolute Gasteiger partial charge is 0.425 e.